The Labute approximate surface area is 228 Å². The van der Waals surface area contributed by atoms with Crippen LogP contribution in [0.2, 0.25) is 0 Å². The largest absolute Gasteiger partial charge is 0.380 e. The van der Waals surface area contributed by atoms with Gasteiger partial charge in [-0.2, -0.15) is 0 Å². The molecule has 4 N–H and O–H groups in total. The van der Waals surface area contributed by atoms with Crippen LogP contribution in [0.15, 0.2) is 48.7 Å². The Morgan fingerprint density at radius 3 is 2.41 bits per heavy atom. The fourth-order valence-corrected chi connectivity index (χ4v) is 5.57. The molecule has 3 fully saturated rings. The fraction of sp³-hybridized carbons (Fsp3) is 0.448. The number of hydrogen-bond acceptors (Lipinski definition) is 9. The molecule has 0 radical (unpaired) electrons. The van der Waals surface area contributed by atoms with Crippen molar-refractivity contribution in [3.8, 4) is 11.4 Å². The highest BCUT2D eigenvalue weighted by Crippen LogP contribution is 2.43. The molecule has 1 spiro atoms. The summed E-state index contributed by atoms with van der Waals surface area (Å²) in [6.45, 7) is 6.02. The van der Waals surface area contributed by atoms with E-state index < -0.39 is 5.91 Å². The van der Waals surface area contributed by atoms with Gasteiger partial charge in [0.2, 0.25) is 0 Å². The molecule has 1 aliphatic carbocycles. The summed E-state index contributed by atoms with van der Waals surface area (Å²) in [4.78, 5) is 28.9. The van der Waals surface area contributed by atoms with Gasteiger partial charge in [-0.25, -0.2) is 9.97 Å². The topological polar surface area (TPSA) is 128 Å². The third-order valence-corrected chi connectivity index (χ3v) is 7.97. The molecule has 0 bridgehead atoms. The maximum atomic E-state index is 12.5. The van der Waals surface area contributed by atoms with Crippen molar-refractivity contribution >= 4 is 23.2 Å². The van der Waals surface area contributed by atoms with Crippen LogP contribution in [0.5, 0.6) is 0 Å². The smallest absolute Gasteiger partial charge is 0.271 e. The number of amides is 1. The standard InChI is InChI=1S/C29H35N7O3/c30-26(37)25-28(32-21-6-4-20(5-7-21)17-36-13-15-38-16-14-36)35-27(24(34-25)23-3-1-2-12-31-23)33-22-8-10-29(11-9-22)18-39-19-29/h1-7,12,22H,8-11,13-19H2,(H2,30,37)(H2,32,33,35). The summed E-state index contributed by atoms with van der Waals surface area (Å²) in [5.41, 5.74) is 9.37. The van der Waals surface area contributed by atoms with Crippen molar-refractivity contribution in [3.05, 3.63) is 59.9 Å². The van der Waals surface area contributed by atoms with E-state index in [0.29, 0.717) is 28.4 Å². The number of anilines is 3. The number of carbonyl (C=O) groups excluding carboxylic acids is 1. The van der Waals surface area contributed by atoms with E-state index in [0.717, 1.165) is 77.4 Å². The number of nitrogens with zero attached hydrogens (tertiary/aromatic N) is 4. The predicted octanol–water partition coefficient (Wildman–Crippen LogP) is 3.58. The molecule has 0 atom stereocenters. The number of carbonyl (C=O) groups is 1. The number of benzene rings is 1. The van der Waals surface area contributed by atoms with E-state index in [9.17, 15) is 4.79 Å². The first-order valence-electron chi connectivity index (χ1n) is 13.7. The number of nitrogens with one attached hydrogen (secondary N) is 2. The third kappa shape index (κ3) is 5.88. The molecular weight excluding hydrogens is 494 g/mol. The molecule has 1 saturated carbocycles. The molecule has 39 heavy (non-hydrogen) atoms. The number of ether oxygens (including phenoxy) is 2. The van der Waals surface area contributed by atoms with E-state index >= 15 is 0 Å². The van der Waals surface area contributed by atoms with Gasteiger partial charge in [0.05, 0.1) is 32.1 Å². The summed E-state index contributed by atoms with van der Waals surface area (Å²) in [7, 11) is 0. The number of hydrogen-bond donors (Lipinski definition) is 3. The lowest BCUT2D eigenvalue weighted by Crippen LogP contribution is -2.47. The molecule has 6 rings (SSSR count). The summed E-state index contributed by atoms with van der Waals surface area (Å²) < 4.78 is 10.9. The Morgan fingerprint density at radius 1 is 1.00 bits per heavy atom. The van der Waals surface area contributed by atoms with Crippen molar-refractivity contribution in [2.24, 2.45) is 11.1 Å². The quantitative estimate of drug-likeness (QED) is 0.401. The zero-order chi connectivity index (χ0) is 26.7. The first-order valence-corrected chi connectivity index (χ1v) is 13.7. The molecule has 1 aromatic carbocycles. The molecule has 3 aliphatic rings. The number of aromatic nitrogens is 3. The second-order valence-corrected chi connectivity index (χ2v) is 10.8. The van der Waals surface area contributed by atoms with Gasteiger partial charge < -0.3 is 25.8 Å². The highest BCUT2D eigenvalue weighted by atomic mass is 16.5. The zero-order valence-electron chi connectivity index (χ0n) is 22.1. The van der Waals surface area contributed by atoms with Crippen molar-refractivity contribution in [2.45, 2.75) is 38.3 Å². The first-order chi connectivity index (χ1) is 19.1. The monoisotopic (exact) mass is 529 g/mol. The maximum Gasteiger partial charge on any atom is 0.271 e. The van der Waals surface area contributed by atoms with E-state index in [4.69, 9.17) is 25.2 Å². The molecule has 2 saturated heterocycles. The Balaban J connectivity index is 1.25. The third-order valence-electron chi connectivity index (χ3n) is 7.97. The molecule has 204 valence electrons. The van der Waals surface area contributed by atoms with E-state index in [1.807, 2.05) is 30.3 Å². The number of primary amides is 1. The van der Waals surface area contributed by atoms with E-state index in [1.165, 1.54) is 5.56 Å². The summed E-state index contributed by atoms with van der Waals surface area (Å²) >= 11 is 0. The molecular formula is C29H35N7O3. The van der Waals surface area contributed by atoms with Gasteiger partial charge in [0.15, 0.2) is 17.3 Å². The van der Waals surface area contributed by atoms with Gasteiger partial charge in [-0.3, -0.25) is 14.7 Å². The lowest BCUT2D eigenvalue weighted by Gasteiger charge is -2.46. The predicted molar refractivity (Wildman–Crippen MR) is 149 cm³/mol. The van der Waals surface area contributed by atoms with E-state index in [-0.39, 0.29) is 11.7 Å². The summed E-state index contributed by atoms with van der Waals surface area (Å²) in [6.07, 6.45) is 6.00. The molecule has 10 heteroatoms. The highest BCUT2D eigenvalue weighted by molar-refractivity contribution is 5.97. The van der Waals surface area contributed by atoms with Gasteiger partial charge in [-0.1, -0.05) is 18.2 Å². The van der Waals surface area contributed by atoms with Crippen LogP contribution in [0.25, 0.3) is 11.4 Å². The van der Waals surface area contributed by atoms with Gasteiger partial charge in [0.25, 0.3) is 5.91 Å². The number of pyridine rings is 1. The van der Waals surface area contributed by atoms with E-state index in [1.54, 1.807) is 6.20 Å². The zero-order valence-corrected chi connectivity index (χ0v) is 22.1. The van der Waals surface area contributed by atoms with E-state index in [2.05, 4.69) is 32.7 Å². The summed E-state index contributed by atoms with van der Waals surface area (Å²) in [6, 6.07) is 14.0. The van der Waals surface area contributed by atoms with Crippen molar-refractivity contribution in [3.63, 3.8) is 0 Å². The summed E-state index contributed by atoms with van der Waals surface area (Å²) in [5, 5.41) is 6.91. The molecule has 1 amide bonds. The highest BCUT2D eigenvalue weighted by Gasteiger charge is 2.41. The Bertz CT molecular complexity index is 1280. The van der Waals surface area contributed by atoms with Crippen molar-refractivity contribution in [1.82, 2.24) is 19.9 Å². The van der Waals surface area contributed by atoms with Gasteiger partial charge in [-0.05, 0) is 55.5 Å². The van der Waals surface area contributed by atoms with Crippen LogP contribution in [0, 0.1) is 5.41 Å². The van der Waals surface area contributed by atoms with Gasteiger partial charge in [0, 0.05) is 43.0 Å². The molecule has 10 nitrogen and oxygen atoms in total. The van der Waals surface area contributed by atoms with Crippen molar-refractivity contribution < 1.29 is 14.3 Å². The van der Waals surface area contributed by atoms with Gasteiger partial charge in [-0.15, -0.1) is 0 Å². The first kappa shape index (κ1) is 25.7. The molecule has 2 aromatic heterocycles. The van der Waals surface area contributed by atoms with Crippen LogP contribution >= 0.6 is 0 Å². The van der Waals surface area contributed by atoms with Crippen molar-refractivity contribution in [1.29, 1.82) is 0 Å². The van der Waals surface area contributed by atoms with Crippen LogP contribution < -0.4 is 16.4 Å². The summed E-state index contributed by atoms with van der Waals surface area (Å²) in [5.74, 6) is 0.267. The minimum absolute atomic E-state index is 0.0767. The normalized spacial score (nSPS) is 19.4. The molecule has 2 aliphatic heterocycles. The number of morpholine rings is 1. The molecule has 4 heterocycles. The van der Waals surface area contributed by atoms with Gasteiger partial charge in [0.1, 0.15) is 5.69 Å². The average molecular weight is 530 g/mol. The Hall–Kier alpha value is -3.60. The fourth-order valence-electron chi connectivity index (χ4n) is 5.57. The van der Waals surface area contributed by atoms with Crippen LogP contribution in [-0.2, 0) is 16.0 Å². The van der Waals surface area contributed by atoms with Crippen LogP contribution in [0.4, 0.5) is 17.3 Å². The lowest BCUT2D eigenvalue weighted by molar-refractivity contribution is -0.131. The Kier molecular flexibility index (Phi) is 7.40. The number of rotatable bonds is 8. The maximum absolute atomic E-state index is 12.5. The van der Waals surface area contributed by atoms with Crippen molar-refractivity contribution in [2.75, 3.05) is 50.2 Å². The van der Waals surface area contributed by atoms with Crippen LogP contribution in [-0.4, -0.2) is 71.3 Å². The number of nitrogens with two attached hydrogens (primary N) is 1. The second kappa shape index (κ2) is 11.3. The second-order valence-electron chi connectivity index (χ2n) is 10.8. The SMILES string of the molecule is NC(=O)c1nc(-c2ccccn2)c(NC2CCC3(CC2)COC3)nc1Nc1ccc(CN2CCOCC2)cc1. The minimum Gasteiger partial charge on any atom is -0.380 e. The molecule has 0 unspecified atom stereocenters. The lowest BCUT2D eigenvalue weighted by atomic mass is 9.71. The molecule has 3 aromatic rings. The van der Waals surface area contributed by atoms with Gasteiger partial charge >= 0.3 is 0 Å². The van der Waals surface area contributed by atoms with Crippen LogP contribution in [0.3, 0.4) is 0 Å². The minimum atomic E-state index is -0.651. The Morgan fingerprint density at radius 2 is 1.77 bits per heavy atom. The van der Waals surface area contributed by atoms with Crippen LogP contribution in [0.1, 0.15) is 41.7 Å². The average Bonchev–Trinajstić information content (AvgIpc) is 2.95.